The van der Waals surface area contributed by atoms with Gasteiger partial charge in [-0.3, -0.25) is 9.69 Å². The van der Waals surface area contributed by atoms with Gasteiger partial charge in [0.15, 0.2) is 0 Å². The number of amides is 1. The number of nitrogens with zero attached hydrogens (tertiary/aromatic N) is 4. The molecule has 1 aliphatic rings. The van der Waals surface area contributed by atoms with Gasteiger partial charge >= 0.3 is 0 Å². The SMILES string of the molecule is CCn1c(CN2CCC(c3c(C(=O)NCCO)sc4ncccc34)C2)nc2ccccc21. The van der Waals surface area contributed by atoms with Crippen molar-refractivity contribution in [2.24, 2.45) is 0 Å². The third-order valence-electron chi connectivity index (χ3n) is 6.20. The first-order valence-corrected chi connectivity index (χ1v) is 11.9. The van der Waals surface area contributed by atoms with Crippen LogP contribution in [0.15, 0.2) is 42.6 Å². The number of likely N-dealkylation sites (tertiary alicyclic amines) is 1. The van der Waals surface area contributed by atoms with E-state index in [1.54, 1.807) is 6.20 Å². The largest absolute Gasteiger partial charge is 0.395 e. The van der Waals surface area contributed by atoms with Crippen molar-refractivity contribution >= 4 is 38.5 Å². The van der Waals surface area contributed by atoms with Crippen LogP contribution in [0.25, 0.3) is 21.3 Å². The smallest absolute Gasteiger partial charge is 0.261 e. The van der Waals surface area contributed by atoms with Crippen LogP contribution in [-0.4, -0.2) is 56.7 Å². The number of para-hydroxylation sites is 2. The Hall–Kier alpha value is -2.81. The summed E-state index contributed by atoms with van der Waals surface area (Å²) in [5.74, 6) is 1.23. The fraction of sp³-hybridized carbons (Fsp3) is 0.375. The average Bonchev–Trinajstić information content (AvgIpc) is 3.52. The normalized spacial score (nSPS) is 16.9. The number of thiophene rings is 1. The molecule has 1 amide bonds. The number of hydrogen-bond donors (Lipinski definition) is 2. The first-order valence-electron chi connectivity index (χ1n) is 11.1. The van der Waals surface area contributed by atoms with E-state index < -0.39 is 0 Å². The van der Waals surface area contributed by atoms with E-state index in [2.05, 4.69) is 51.0 Å². The van der Waals surface area contributed by atoms with Gasteiger partial charge in [0.05, 0.1) is 29.1 Å². The molecule has 3 aromatic heterocycles. The Morgan fingerprint density at radius 3 is 3.00 bits per heavy atom. The molecule has 2 N–H and O–H groups in total. The van der Waals surface area contributed by atoms with E-state index in [1.807, 2.05) is 12.1 Å². The second-order valence-corrected chi connectivity index (χ2v) is 9.16. The van der Waals surface area contributed by atoms with Gasteiger partial charge < -0.3 is 15.0 Å². The molecule has 8 heteroatoms. The quantitative estimate of drug-likeness (QED) is 0.452. The maximum atomic E-state index is 12.8. The molecule has 0 saturated carbocycles. The summed E-state index contributed by atoms with van der Waals surface area (Å²) in [4.78, 5) is 26.3. The highest BCUT2D eigenvalue weighted by molar-refractivity contribution is 7.20. The molecule has 1 saturated heterocycles. The van der Waals surface area contributed by atoms with Crippen molar-refractivity contribution in [2.75, 3.05) is 26.2 Å². The van der Waals surface area contributed by atoms with Crippen molar-refractivity contribution in [3.63, 3.8) is 0 Å². The molecule has 1 unspecified atom stereocenters. The van der Waals surface area contributed by atoms with E-state index >= 15 is 0 Å². The van der Waals surface area contributed by atoms with E-state index in [-0.39, 0.29) is 25.0 Å². The van der Waals surface area contributed by atoms with Gasteiger partial charge in [0.1, 0.15) is 10.7 Å². The molecular formula is C24H27N5O2S. The number of rotatable bonds is 7. The third kappa shape index (κ3) is 3.79. The maximum Gasteiger partial charge on any atom is 0.261 e. The number of nitrogens with one attached hydrogen (secondary N) is 1. The van der Waals surface area contributed by atoms with Crippen LogP contribution in [0.1, 0.15) is 40.3 Å². The summed E-state index contributed by atoms with van der Waals surface area (Å²) < 4.78 is 2.29. The zero-order valence-corrected chi connectivity index (χ0v) is 18.9. The molecule has 0 radical (unpaired) electrons. The van der Waals surface area contributed by atoms with Crippen LogP contribution in [0.4, 0.5) is 0 Å². The van der Waals surface area contributed by atoms with Gasteiger partial charge in [0, 0.05) is 37.1 Å². The number of aliphatic hydroxyl groups excluding tert-OH is 1. The number of aliphatic hydroxyl groups is 1. The number of carbonyl (C=O) groups excluding carboxylic acids is 1. The summed E-state index contributed by atoms with van der Waals surface area (Å²) in [6, 6.07) is 12.3. The number of pyridine rings is 1. The zero-order chi connectivity index (χ0) is 22.1. The van der Waals surface area contributed by atoms with Crippen LogP contribution in [0, 0.1) is 0 Å². The topological polar surface area (TPSA) is 83.3 Å². The maximum absolute atomic E-state index is 12.8. The first kappa shape index (κ1) is 21.1. The second-order valence-electron chi connectivity index (χ2n) is 8.16. The van der Waals surface area contributed by atoms with Crippen LogP contribution in [0.5, 0.6) is 0 Å². The van der Waals surface area contributed by atoms with Crippen LogP contribution in [0.3, 0.4) is 0 Å². The lowest BCUT2D eigenvalue weighted by Gasteiger charge is -2.17. The predicted molar refractivity (Wildman–Crippen MR) is 127 cm³/mol. The van der Waals surface area contributed by atoms with Crippen molar-refractivity contribution in [1.29, 1.82) is 0 Å². The molecule has 7 nitrogen and oxygen atoms in total. The zero-order valence-electron chi connectivity index (χ0n) is 18.1. The minimum Gasteiger partial charge on any atom is -0.395 e. The molecular weight excluding hydrogens is 422 g/mol. The van der Waals surface area contributed by atoms with Crippen molar-refractivity contribution < 1.29 is 9.90 Å². The van der Waals surface area contributed by atoms with Gasteiger partial charge in [-0.25, -0.2) is 9.97 Å². The van der Waals surface area contributed by atoms with Crippen LogP contribution >= 0.6 is 11.3 Å². The van der Waals surface area contributed by atoms with E-state index in [0.29, 0.717) is 0 Å². The lowest BCUT2D eigenvalue weighted by Crippen LogP contribution is -2.27. The number of carbonyl (C=O) groups is 1. The molecule has 166 valence electrons. The Morgan fingerprint density at radius 1 is 1.28 bits per heavy atom. The van der Waals surface area contributed by atoms with Crippen LogP contribution < -0.4 is 5.32 Å². The standard InChI is InChI=1S/C24H27N5O2S/c1-2-29-19-8-4-3-7-18(19)27-20(29)15-28-12-9-16(14-28)21-17-6-5-10-26-24(17)32-22(21)23(31)25-11-13-30/h3-8,10,16,30H,2,9,11-15H2,1H3,(H,25,31). The summed E-state index contributed by atoms with van der Waals surface area (Å²) in [7, 11) is 0. The van der Waals surface area contributed by atoms with Gasteiger partial charge in [-0.15, -0.1) is 11.3 Å². The third-order valence-corrected chi connectivity index (χ3v) is 7.33. The summed E-state index contributed by atoms with van der Waals surface area (Å²) in [6.45, 7) is 5.88. The molecule has 0 spiro atoms. The number of fused-ring (bicyclic) bond motifs is 2. The Kier molecular flexibility index (Phi) is 5.91. The van der Waals surface area contributed by atoms with Gasteiger partial charge in [0.25, 0.3) is 5.91 Å². The monoisotopic (exact) mass is 449 g/mol. The van der Waals surface area contributed by atoms with Crippen LogP contribution in [-0.2, 0) is 13.1 Å². The molecule has 0 bridgehead atoms. The fourth-order valence-corrected chi connectivity index (χ4v) is 5.93. The highest BCUT2D eigenvalue weighted by Gasteiger charge is 2.31. The summed E-state index contributed by atoms with van der Waals surface area (Å²) in [6.07, 6.45) is 2.77. The van der Waals surface area contributed by atoms with Gasteiger partial charge in [-0.1, -0.05) is 18.2 Å². The highest BCUT2D eigenvalue weighted by atomic mass is 32.1. The van der Waals surface area contributed by atoms with E-state index in [9.17, 15) is 4.79 Å². The fourth-order valence-electron chi connectivity index (χ4n) is 4.79. The van der Waals surface area contributed by atoms with E-state index in [4.69, 9.17) is 10.1 Å². The molecule has 4 aromatic rings. The second kappa shape index (κ2) is 8.97. The van der Waals surface area contributed by atoms with E-state index in [0.717, 1.165) is 64.6 Å². The average molecular weight is 450 g/mol. The lowest BCUT2D eigenvalue weighted by atomic mass is 9.95. The number of aromatic nitrogens is 3. The summed E-state index contributed by atoms with van der Waals surface area (Å²) in [5.41, 5.74) is 3.32. The van der Waals surface area contributed by atoms with Crippen LogP contribution in [0.2, 0.25) is 0 Å². The van der Waals surface area contributed by atoms with E-state index in [1.165, 1.54) is 16.9 Å². The van der Waals surface area contributed by atoms with Crippen molar-refractivity contribution in [3.05, 3.63) is 58.9 Å². The number of benzene rings is 1. The Morgan fingerprint density at radius 2 is 2.16 bits per heavy atom. The Balaban J connectivity index is 1.42. The Labute approximate surface area is 190 Å². The van der Waals surface area contributed by atoms with Crippen molar-refractivity contribution in [3.8, 4) is 0 Å². The molecule has 32 heavy (non-hydrogen) atoms. The molecule has 1 aliphatic heterocycles. The number of aryl methyl sites for hydroxylation is 1. The highest BCUT2D eigenvalue weighted by Crippen LogP contribution is 2.39. The first-order chi connectivity index (χ1) is 15.7. The minimum absolute atomic E-state index is 0.0696. The summed E-state index contributed by atoms with van der Waals surface area (Å²) in [5, 5.41) is 13.0. The molecule has 1 fully saturated rings. The Bertz CT molecular complexity index is 1260. The van der Waals surface area contributed by atoms with Gasteiger partial charge in [0.2, 0.25) is 0 Å². The van der Waals surface area contributed by atoms with Crippen molar-refractivity contribution in [2.45, 2.75) is 32.4 Å². The molecule has 4 heterocycles. The number of hydrogen-bond acceptors (Lipinski definition) is 6. The lowest BCUT2D eigenvalue weighted by molar-refractivity contribution is 0.0947. The van der Waals surface area contributed by atoms with Crippen molar-refractivity contribution in [1.82, 2.24) is 24.8 Å². The molecule has 1 aromatic carbocycles. The molecule has 1 atom stereocenters. The number of imidazole rings is 1. The molecule has 0 aliphatic carbocycles. The van der Waals surface area contributed by atoms with Gasteiger partial charge in [-0.2, -0.15) is 0 Å². The minimum atomic E-state index is -0.122. The molecule has 5 rings (SSSR count). The summed E-state index contributed by atoms with van der Waals surface area (Å²) >= 11 is 1.44. The van der Waals surface area contributed by atoms with Gasteiger partial charge in [-0.05, 0) is 43.7 Å². The predicted octanol–water partition coefficient (Wildman–Crippen LogP) is 3.38.